The number of likely N-dealkylation sites (tertiary alicyclic amines) is 4. The number of carbonyl (C=O) groups excluding carboxylic acids is 4. The molecule has 2 aliphatic carbocycles. The molecule has 22 heteroatoms. The molecule has 4 saturated heterocycles. The Morgan fingerprint density at radius 2 is 0.830 bits per heavy atom. The van der Waals surface area contributed by atoms with Gasteiger partial charge in [0.25, 0.3) is 11.8 Å². The van der Waals surface area contributed by atoms with Gasteiger partial charge in [0.05, 0.1) is 57.3 Å². The normalized spacial score (nSPS) is 21.6. The molecule has 10 heterocycles. The maximum atomic E-state index is 15.7. The van der Waals surface area contributed by atoms with E-state index in [1.165, 1.54) is 50.7 Å². The summed E-state index contributed by atoms with van der Waals surface area (Å²) in [6, 6.07) is 24.2. The number of halogens is 2. The number of imidazole rings is 2. The van der Waals surface area contributed by atoms with Crippen molar-refractivity contribution in [1.82, 2.24) is 59.3 Å². The van der Waals surface area contributed by atoms with Crippen LogP contribution in [0.1, 0.15) is 242 Å². The molecule has 4 aromatic carbocycles. The smallest absolute Gasteiger partial charge is 0.251 e. The quantitative estimate of drug-likeness (QED) is 0.0713. The van der Waals surface area contributed by atoms with Crippen molar-refractivity contribution in [3.05, 3.63) is 130 Å². The Labute approximate surface area is 660 Å². The minimum atomic E-state index is -0.533. The van der Waals surface area contributed by atoms with Gasteiger partial charge in [-0.05, 0) is 285 Å². The molecule has 4 aromatic heterocycles. The lowest BCUT2D eigenvalue weighted by Gasteiger charge is -2.48. The summed E-state index contributed by atoms with van der Waals surface area (Å²) in [7, 11) is 0. The van der Waals surface area contributed by atoms with Gasteiger partial charge >= 0.3 is 0 Å². The summed E-state index contributed by atoms with van der Waals surface area (Å²) in [5.74, 6) is -0.0496. The number of pyridine rings is 2. The van der Waals surface area contributed by atoms with Crippen molar-refractivity contribution in [2.24, 2.45) is 0 Å². The van der Waals surface area contributed by atoms with Crippen LogP contribution in [0.3, 0.4) is 0 Å². The van der Waals surface area contributed by atoms with E-state index in [0.29, 0.717) is 57.4 Å². The molecule has 8 aromatic rings. The molecule has 4 N–H and O–H groups in total. The first-order valence-corrected chi connectivity index (χ1v) is 41.8. The summed E-state index contributed by atoms with van der Waals surface area (Å²) in [5, 5.41) is 12.4. The lowest BCUT2D eigenvalue weighted by Crippen LogP contribution is -2.59. The molecule has 6 aliphatic heterocycles. The SMILES string of the molecule is Cc1cc(F)c(Nc2nc(-c3ccc4c(c3)N(C3CC(N5CCCCC5)C3)C(=O)C43CCN(C(C)(C)C)CC3)cc3ncn(C(C)C)c23)cc1C(=O)NC(C)C.Cc1cc(F)c(Nc2nc(-c3ccc4c(c3)N(C3CC(N5CCCCC5)C3)C(=O)C43CCN(C(C)(C)C)CC3)cc3ncn(C(C)C)c23)cc1C(=O)NC(C)C. The Kier molecular flexibility index (Phi) is 21.4. The van der Waals surface area contributed by atoms with Crippen molar-refractivity contribution in [2.45, 2.75) is 271 Å². The van der Waals surface area contributed by atoms with Crippen LogP contribution in [0.15, 0.2) is 85.5 Å². The Morgan fingerprint density at radius 1 is 0.473 bits per heavy atom. The number of aryl methyl sites for hydroxylation is 2. The Balaban J connectivity index is 0.000000177. The molecule has 0 bridgehead atoms. The van der Waals surface area contributed by atoms with Crippen molar-refractivity contribution in [3.63, 3.8) is 0 Å². The van der Waals surface area contributed by atoms with Gasteiger partial charge in [-0.15, -0.1) is 0 Å². The van der Waals surface area contributed by atoms with Crippen LogP contribution in [-0.2, 0) is 20.4 Å². The fraction of sp³-hybridized carbons (Fsp3) is 0.556. The van der Waals surface area contributed by atoms with E-state index in [1.807, 2.05) is 49.0 Å². The first-order valence-electron chi connectivity index (χ1n) is 41.8. The molecular weight excluding hydrogens is 1410 g/mol. The number of carbonyl (C=O) groups is 4. The lowest BCUT2D eigenvalue weighted by atomic mass is 9.72. The molecule has 596 valence electrons. The predicted octanol–water partition coefficient (Wildman–Crippen LogP) is 17.0. The molecule has 0 atom stereocenters. The van der Waals surface area contributed by atoms with Gasteiger partial charge in [-0.25, -0.2) is 28.7 Å². The highest BCUT2D eigenvalue weighted by Crippen LogP contribution is 2.55. The van der Waals surface area contributed by atoms with Gasteiger partial charge in [-0.2, -0.15) is 0 Å². The average Bonchev–Trinajstić information content (AvgIpc) is 1.56. The van der Waals surface area contributed by atoms with Crippen LogP contribution in [-0.4, -0.2) is 172 Å². The number of piperidine rings is 4. The van der Waals surface area contributed by atoms with Crippen molar-refractivity contribution in [1.29, 1.82) is 0 Å². The summed E-state index contributed by atoms with van der Waals surface area (Å²) in [4.78, 5) is 90.7. The van der Waals surface area contributed by atoms with Gasteiger partial charge in [0.2, 0.25) is 11.8 Å². The third-order valence-electron chi connectivity index (χ3n) is 25.9. The van der Waals surface area contributed by atoms with Crippen molar-refractivity contribution in [2.75, 3.05) is 72.8 Å². The van der Waals surface area contributed by atoms with Gasteiger partial charge < -0.3 is 50.0 Å². The monoisotopic (exact) mass is 1520 g/mol. The number of hydrogen-bond donors (Lipinski definition) is 4. The summed E-state index contributed by atoms with van der Waals surface area (Å²) in [6.07, 6.45) is 18.5. The number of hydrogen-bond acceptors (Lipinski definition) is 14. The maximum Gasteiger partial charge on any atom is 0.251 e. The molecule has 6 fully saturated rings. The number of nitrogens with zero attached hydrogens (tertiary/aromatic N) is 12. The van der Waals surface area contributed by atoms with E-state index in [4.69, 9.17) is 19.9 Å². The molecule has 20 nitrogen and oxygen atoms in total. The van der Waals surface area contributed by atoms with E-state index < -0.39 is 22.5 Å². The number of benzene rings is 4. The Morgan fingerprint density at radius 3 is 1.16 bits per heavy atom. The number of fused-ring (bicyclic) bond motifs is 6. The first kappa shape index (κ1) is 78.6. The zero-order chi connectivity index (χ0) is 79.4. The van der Waals surface area contributed by atoms with Crippen LogP contribution in [0.25, 0.3) is 44.6 Å². The Hall–Kier alpha value is -8.70. The standard InChI is InChI=1S/2C45H59FN8O2/c2*1-27(2)48-42(55)33-24-37(35(46)20-29(33)5)50-41-40-38(47-26-53(40)28(3)4)25-36(49-41)30-12-13-34-39(21-30)54(32-22-31(23-32)51-16-10-9-11-17-51)43(56)45(34)14-18-52(19-15-45)44(6,7)8/h2*12-13,20-21,24-28,31-32H,9-11,14-19,22-23H2,1-8H3,(H,48,55)(H,49,50). The zero-order valence-electron chi connectivity index (χ0n) is 69.0. The second-order valence-electron chi connectivity index (χ2n) is 36.8. The third kappa shape index (κ3) is 14.7. The highest BCUT2D eigenvalue weighted by atomic mass is 19.1. The molecule has 0 unspecified atom stereocenters. The molecule has 112 heavy (non-hydrogen) atoms. The van der Waals surface area contributed by atoms with E-state index in [1.54, 1.807) is 38.6 Å². The maximum absolute atomic E-state index is 15.7. The number of amides is 4. The lowest BCUT2D eigenvalue weighted by molar-refractivity contribution is -0.127. The van der Waals surface area contributed by atoms with Crippen LogP contribution in [0.4, 0.5) is 43.2 Å². The van der Waals surface area contributed by atoms with Gasteiger partial charge in [0, 0.05) is 119 Å². The van der Waals surface area contributed by atoms with E-state index in [-0.39, 0.29) is 82.3 Å². The van der Waals surface area contributed by atoms with E-state index in [0.717, 1.165) is 159 Å². The summed E-state index contributed by atoms with van der Waals surface area (Å²) in [6.45, 7) is 41.1. The highest BCUT2D eigenvalue weighted by molar-refractivity contribution is 6.11. The Bertz CT molecular complexity index is 4600. The van der Waals surface area contributed by atoms with Crippen molar-refractivity contribution >= 4 is 80.1 Å². The predicted molar refractivity (Wildman–Crippen MR) is 445 cm³/mol. The first-order chi connectivity index (χ1) is 53.3. The van der Waals surface area contributed by atoms with Gasteiger partial charge in [-0.1, -0.05) is 37.1 Å². The summed E-state index contributed by atoms with van der Waals surface area (Å²) >= 11 is 0. The van der Waals surface area contributed by atoms with E-state index >= 15 is 8.78 Å². The van der Waals surface area contributed by atoms with E-state index in [9.17, 15) is 19.2 Å². The highest BCUT2D eigenvalue weighted by Gasteiger charge is 2.58. The van der Waals surface area contributed by atoms with Crippen LogP contribution in [0, 0.1) is 25.5 Å². The average molecular weight is 1530 g/mol. The molecule has 8 aliphatic rings. The molecule has 0 radical (unpaired) electrons. The topological polar surface area (TPSA) is 197 Å². The largest absolute Gasteiger partial charge is 0.350 e. The number of rotatable bonds is 16. The number of anilines is 6. The van der Waals surface area contributed by atoms with E-state index in [2.05, 4.69) is 156 Å². The molecule has 2 saturated carbocycles. The molecule has 2 spiro atoms. The van der Waals surface area contributed by atoms with Gasteiger partial charge in [0.15, 0.2) is 11.6 Å². The van der Waals surface area contributed by atoms with Crippen LogP contribution in [0.2, 0.25) is 0 Å². The fourth-order valence-electron chi connectivity index (χ4n) is 19.3. The van der Waals surface area contributed by atoms with Crippen LogP contribution >= 0.6 is 0 Å². The molecule has 16 rings (SSSR count). The van der Waals surface area contributed by atoms with Crippen LogP contribution in [0.5, 0.6) is 0 Å². The second kappa shape index (κ2) is 30.6. The summed E-state index contributed by atoms with van der Waals surface area (Å²) in [5.41, 5.74) is 11.6. The fourth-order valence-corrected chi connectivity index (χ4v) is 19.3. The van der Waals surface area contributed by atoms with Gasteiger partial charge in [-0.3, -0.25) is 29.0 Å². The number of aromatic nitrogens is 6. The zero-order valence-corrected chi connectivity index (χ0v) is 69.0. The summed E-state index contributed by atoms with van der Waals surface area (Å²) < 4.78 is 35.5. The van der Waals surface area contributed by atoms with Crippen molar-refractivity contribution in [3.8, 4) is 22.5 Å². The third-order valence-corrected chi connectivity index (χ3v) is 25.9. The minimum absolute atomic E-state index is 0.0491. The van der Waals surface area contributed by atoms with Crippen LogP contribution < -0.4 is 31.1 Å². The second-order valence-corrected chi connectivity index (χ2v) is 36.8. The van der Waals surface area contributed by atoms with Gasteiger partial charge in [0.1, 0.15) is 22.7 Å². The minimum Gasteiger partial charge on any atom is -0.350 e. The molecule has 4 amide bonds. The molecular formula is C90H118F2N16O4. The number of nitrogens with one attached hydrogen (secondary N) is 4. The van der Waals surface area contributed by atoms with Crippen molar-refractivity contribution < 1.29 is 28.0 Å².